The minimum atomic E-state index is -0.0295. The van der Waals surface area contributed by atoms with Gasteiger partial charge in [-0.25, -0.2) is 0 Å². The smallest absolute Gasteiger partial charge is 0.220 e. The molecule has 0 aliphatic rings. The number of aromatic hydroxyl groups is 1. The Hall–Kier alpha value is -1.77. The van der Waals surface area contributed by atoms with Crippen molar-refractivity contribution in [2.75, 3.05) is 6.54 Å². The minimum Gasteiger partial charge on any atom is -0.508 e. The molecule has 1 aromatic carbocycles. The molecular formula is C12H15NO2. The first kappa shape index (κ1) is 11.3. The molecule has 2 N–H and O–H groups in total. The van der Waals surface area contributed by atoms with Gasteiger partial charge in [-0.2, -0.15) is 0 Å². The number of carbonyl (C=O) groups excluding carboxylic acids is 1. The third-order valence-electron chi connectivity index (χ3n) is 2.06. The Morgan fingerprint density at radius 1 is 1.47 bits per heavy atom. The summed E-state index contributed by atoms with van der Waals surface area (Å²) in [6.07, 6.45) is 2.57. The predicted octanol–water partition coefficient (Wildman–Crippen LogP) is 1.63. The summed E-state index contributed by atoms with van der Waals surface area (Å²) in [4.78, 5) is 11.2. The Morgan fingerprint density at radius 2 is 2.20 bits per heavy atom. The molecule has 1 rings (SSSR count). The van der Waals surface area contributed by atoms with Gasteiger partial charge in [0.2, 0.25) is 5.91 Å². The summed E-state index contributed by atoms with van der Waals surface area (Å²) >= 11 is 0. The molecule has 0 aromatic heterocycles. The highest BCUT2D eigenvalue weighted by atomic mass is 16.3. The Labute approximate surface area is 89.4 Å². The summed E-state index contributed by atoms with van der Waals surface area (Å²) in [6, 6.07) is 7.04. The Balaban J connectivity index is 2.40. The number of amides is 1. The summed E-state index contributed by atoms with van der Waals surface area (Å²) in [6.45, 7) is 4.00. The Morgan fingerprint density at radius 3 is 2.87 bits per heavy atom. The number of aryl methyl sites for hydroxylation is 1. The van der Waals surface area contributed by atoms with E-state index in [1.165, 1.54) is 0 Å². The molecule has 0 heterocycles. The molecule has 0 radical (unpaired) electrons. The first-order chi connectivity index (χ1) is 7.24. The molecule has 0 saturated carbocycles. The van der Waals surface area contributed by atoms with Crippen molar-refractivity contribution in [1.29, 1.82) is 0 Å². The molecule has 0 saturated heterocycles. The Bertz CT molecular complexity index is 347. The third kappa shape index (κ3) is 3.85. The molecule has 3 nitrogen and oxygen atoms in total. The molecule has 0 bridgehead atoms. The molecule has 0 atom stereocenters. The number of hydrogen-bond donors (Lipinski definition) is 2. The number of carbonyl (C=O) groups is 1. The summed E-state index contributed by atoms with van der Waals surface area (Å²) in [5.74, 6) is 0.215. The van der Waals surface area contributed by atoms with Gasteiger partial charge in [0.15, 0.2) is 0 Å². The maximum Gasteiger partial charge on any atom is 0.220 e. The normalized spacial score (nSPS) is 9.60. The van der Waals surface area contributed by atoms with Crippen molar-refractivity contribution >= 4 is 5.91 Å². The fourth-order valence-electron chi connectivity index (χ4n) is 1.24. The van der Waals surface area contributed by atoms with Gasteiger partial charge >= 0.3 is 0 Å². The molecule has 0 fully saturated rings. The number of phenolic OH excluding ortho intramolecular Hbond substituents is 1. The molecule has 1 aromatic rings. The predicted molar refractivity (Wildman–Crippen MR) is 59.6 cm³/mol. The zero-order chi connectivity index (χ0) is 11.1. The number of nitrogens with one attached hydrogen (secondary N) is 1. The van der Waals surface area contributed by atoms with E-state index in [1.54, 1.807) is 18.2 Å². The zero-order valence-corrected chi connectivity index (χ0v) is 8.57. The fraction of sp³-hybridized carbons (Fsp3) is 0.250. The summed E-state index contributed by atoms with van der Waals surface area (Å²) < 4.78 is 0. The van der Waals surface area contributed by atoms with Gasteiger partial charge in [0.1, 0.15) is 5.75 Å². The summed E-state index contributed by atoms with van der Waals surface area (Å²) in [5.41, 5.74) is 0.797. The first-order valence-electron chi connectivity index (χ1n) is 4.88. The number of benzene rings is 1. The SMILES string of the molecule is C=CCNC(=O)CCc1ccccc1O. The number of hydrogen-bond acceptors (Lipinski definition) is 2. The van der Waals surface area contributed by atoms with Gasteiger partial charge in [0.25, 0.3) is 0 Å². The van der Waals surface area contributed by atoms with Crippen LogP contribution in [0.2, 0.25) is 0 Å². The van der Waals surface area contributed by atoms with Crippen LogP contribution in [0.1, 0.15) is 12.0 Å². The van der Waals surface area contributed by atoms with Crippen molar-refractivity contribution in [3.63, 3.8) is 0 Å². The topological polar surface area (TPSA) is 49.3 Å². The van der Waals surface area contributed by atoms with Crippen LogP contribution in [0.15, 0.2) is 36.9 Å². The van der Waals surface area contributed by atoms with Crippen molar-refractivity contribution in [3.8, 4) is 5.75 Å². The van der Waals surface area contributed by atoms with E-state index in [0.717, 1.165) is 5.56 Å². The van der Waals surface area contributed by atoms with Crippen LogP contribution in [-0.2, 0) is 11.2 Å². The van der Waals surface area contributed by atoms with E-state index in [4.69, 9.17) is 0 Å². The van der Waals surface area contributed by atoms with Crippen molar-refractivity contribution in [2.45, 2.75) is 12.8 Å². The van der Waals surface area contributed by atoms with Crippen LogP contribution in [0.5, 0.6) is 5.75 Å². The van der Waals surface area contributed by atoms with Crippen LogP contribution in [-0.4, -0.2) is 17.6 Å². The van der Waals surface area contributed by atoms with Crippen LogP contribution in [0.4, 0.5) is 0 Å². The third-order valence-corrected chi connectivity index (χ3v) is 2.06. The van der Waals surface area contributed by atoms with Gasteiger partial charge < -0.3 is 10.4 Å². The van der Waals surface area contributed by atoms with E-state index in [9.17, 15) is 9.90 Å². The minimum absolute atomic E-state index is 0.0295. The van der Waals surface area contributed by atoms with Crippen molar-refractivity contribution < 1.29 is 9.90 Å². The molecular weight excluding hydrogens is 190 g/mol. The molecule has 80 valence electrons. The van der Waals surface area contributed by atoms with E-state index >= 15 is 0 Å². The largest absolute Gasteiger partial charge is 0.508 e. The maximum atomic E-state index is 11.2. The first-order valence-corrected chi connectivity index (χ1v) is 4.88. The van der Waals surface area contributed by atoms with Crippen LogP contribution in [0, 0.1) is 0 Å². The lowest BCUT2D eigenvalue weighted by atomic mass is 10.1. The van der Waals surface area contributed by atoms with E-state index < -0.39 is 0 Å². The van der Waals surface area contributed by atoms with Crippen LogP contribution >= 0.6 is 0 Å². The van der Waals surface area contributed by atoms with Crippen molar-refractivity contribution in [1.82, 2.24) is 5.32 Å². The zero-order valence-electron chi connectivity index (χ0n) is 8.57. The van der Waals surface area contributed by atoms with Gasteiger partial charge in [-0.3, -0.25) is 4.79 Å². The number of para-hydroxylation sites is 1. The second-order valence-corrected chi connectivity index (χ2v) is 3.22. The molecule has 15 heavy (non-hydrogen) atoms. The van der Waals surface area contributed by atoms with E-state index in [-0.39, 0.29) is 11.7 Å². The van der Waals surface area contributed by atoms with Gasteiger partial charge in [-0.05, 0) is 18.1 Å². The number of phenols is 1. The fourth-order valence-corrected chi connectivity index (χ4v) is 1.24. The van der Waals surface area contributed by atoms with E-state index in [2.05, 4.69) is 11.9 Å². The lowest BCUT2D eigenvalue weighted by Gasteiger charge is -2.04. The Kier molecular flexibility index (Phi) is 4.41. The van der Waals surface area contributed by atoms with Crippen LogP contribution in [0.3, 0.4) is 0 Å². The maximum absolute atomic E-state index is 11.2. The van der Waals surface area contributed by atoms with Crippen molar-refractivity contribution in [3.05, 3.63) is 42.5 Å². The van der Waals surface area contributed by atoms with Crippen LogP contribution < -0.4 is 5.32 Å². The monoisotopic (exact) mass is 205 g/mol. The standard InChI is InChI=1S/C12H15NO2/c1-2-9-13-12(15)8-7-10-5-3-4-6-11(10)14/h2-6,14H,1,7-9H2,(H,13,15). The quantitative estimate of drug-likeness (QED) is 0.718. The van der Waals surface area contributed by atoms with Gasteiger partial charge in [0.05, 0.1) is 0 Å². The summed E-state index contributed by atoms with van der Waals surface area (Å²) in [5, 5.41) is 12.1. The van der Waals surface area contributed by atoms with Gasteiger partial charge in [-0.1, -0.05) is 24.3 Å². The van der Waals surface area contributed by atoms with Gasteiger partial charge in [0, 0.05) is 13.0 Å². The average molecular weight is 205 g/mol. The average Bonchev–Trinajstić information content (AvgIpc) is 2.25. The van der Waals surface area contributed by atoms with E-state index in [1.807, 2.05) is 12.1 Å². The summed E-state index contributed by atoms with van der Waals surface area (Å²) in [7, 11) is 0. The molecule has 1 amide bonds. The molecule has 0 spiro atoms. The molecule has 0 aliphatic carbocycles. The lowest BCUT2D eigenvalue weighted by Crippen LogP contribution is -2.23. The van der Waals surface area contributed by atoms with Crippen LogP contribution in [0.25, 0.3) is 0 Å². The molecule has 3 heteroatoms. The second-order valence-electron chi connectivity index (χ2n) is 3.22. The molecule has 0 unspecified atom stereocenters. The number of rotatable bonds is 5. The highest BCUT2D eigenvalue weighted by Gasteiger charge is 2.03. The molecule has 0 aliphatic heterocycles. The second kappa shape index (κ2) is 5.86. The lowest BCUT2D eigenvalue weighted by molar-refractivity contribution is -0.120. The van der Waals surface area contributed by atoms with Crippen molar-refractivity contribution in [2.24, 2.45) is 0 Å². The highest BCUT2D eigenvalue weighted by Crippen LogP contribution is 2.16. The highest BCUT2D eigenvalue weighted by molar-refractivity contribution is 5.76. The van der Waals surface area contributed by atoms with E-state index in [0.29, 0.717) is 19.4 Å². The van der Waals surface area contributed by atoms with Gasteiger partial charge in [-0.15, -0.1) is 6.58 Å².